The van der Waals surface area contributed by atoms with Crippen LogP contribution in [0.1, 0.15) is 30.1 Å². The number of halogens is 1. The van der Waals surface area contributed by atoms with Crippen LogP contribution in [0.5, 0.6) is 0 Å². The molecule has 2 heterocycles. The molecule has 5 heteroatoms. The predicted octanol–water partition coefficient (Wildman–Crippen LogP) is 2.53. The highest BCUT2D eigenvalue weighted by atomic mass is 19.1. The number of hydrogen-bond acceptors (Lipinski definition) is 3. The number of likely N-dealkylation sites (N-methyl/N-ethyl adjacent to an activating group) is 1. The molecule has 0 saturated carbocycles. The lowest BCUT2D eigenvalue weighted by Crippen LogP contribution is -2.40. The number of hydrogen-bond donors (Lipinski definition) is 1. The van der Waals surface area contributed by atoms with Crippen molar-refractivity contribution in [1.29, 1.82) is 0 Å². The molecule has 0 radical (unpaired) electrons. The van der Waals surface area contributed by atoms with E-state index in [9.17, 15) is 9.18 Å². The molecule has 2 atom stereocenters. The molecule has 4 nitrogen and oxygen atoms in total. The molecule has 1 aromatic heterocycles. The van der Waals surface area contributed by atoms with Crippen molar-refractivity contribution in [2.24, 2.45) is 0 Å². The summed E-state index contributed by atoms with van der Waals surface area (Å²) in [5, 5.41) is 2.35. The number of H-pyrrole nitrogens is 1. The van der Waals surface area contributed by atoms with Crippen LogP contribution in [0.15, 0.2) is 39.6 Å². The third-order valence-electron chi connectivity index (χ3n) is 4.37. The van der Waals surface area contributed by atoms with Gasteiger partial charge in [0, 0.05) is 18.0 Å². The van der Waals surface area contributed by atoms with E-state index in [1.54, 1.807) is 6.07 Å². The average molecular weight is 290 g/mol. The average Bonchev–Trinajstić information content (AvgIpc) is 2.90. The van der Waals surface area contributed by atoms with E-state index in [2.05, 4.69) is 17.1 Å². The Morgan fingerprint density at radius 1 is 1.43 bits per heavy atom. The Hall–Kier alpha value is -1.88. The number of likely N-dealkylation sites (tertiary alicyclic amines) is 1. The fourth-order valence-electron chi connectivity index (χ4n) is 3.08. The standard InChI is InChI=1S/C16H19FN2O2/c1-19-7-6-12(15-10-16(20)18-21-15)9-13(19)8-11-4-2-3-5-14(11)17/h2-5,10,12-13H,6-9H2,1H3,(H,18,20)/t12-,13+/m0/s1. The van der Waals surface area contributed by atoms with E-state index >= 15 is 0 Å². The highest BCUT2D eigenvalue weighted by Gasteiger charge is 2.29. The molecular formula is C16H19FN2O2. The van der Waals surface area contributed by atoms with Crippen molar-refractivity contribution in [3.05, 3.63) is 57.8 Å². The molecule has 1 fully saturated rings. The van der Waals surface area contributed by atoms with Crippen molar-refractivity contribution >= 4 is 0 Å². The van der Waals surface area contributed by atoms with E-state index in [0.29, 0.717) is 12.2 Å². The quantitative estimate of drug-likeness (QED) is 0.945. The van der Waals surface area contributed by atoms with E-state index in [4.69, 9.17) is 4.52 Å². The van der Waals surface area contributed by atoms with E-state index < -0.39 is 0 Å². The summed E-state index contributed by atoms with van der Waals surface area (Å²) in [6, 6.07) is 8.69. The number of aromatic amines is 1. The molecule has 0 aliphatic carbocycles. The molecule has 0 amide bonds. The Labute approximate surface area is 122 Å². The van der Waals surface area contributed by atoms with Crippen LogP contribution in [0.2, 0.25) is 0 Å². The summed E-state index contributed by atoms with van der Waals surface area (Å²) in [5.74, 6) is 0.782. The topological polar surface area (TPSA) is 49.2 Å². The van der Waals surface area contributed by atoms with Gasteiger partial charge in [-0.15, -0.1) is 0 Å². The van der Waals surface area contributed by atoms with E-state index in [1.165, 1.54) is 12.1 Å². The molecule has 1 aromatic carbocycles. The number of benzene rings is 1. The SMILES string of the molecule is CN1CC[C@H](c2cc(=O)[nH]o2)C[C@H]1Cc1ccccc1F. The second kappa shape index (κ2) is 5.85. The van der Waals surface area contributed by atoms with Crippen LogP contribution in [0, 0.1) is 5.82 Å². The monoisotopic (exact) mass is 290 g/mol. The third kappa shape index (κ3) is 3.08. The lowest BCUT2D eigenvalue weighted by atomic mass is 9.86. The van der Waals surface area contributed by atoms with Crippen molar-refractivity contribution in [2.45, 2.75) is 31.2 Å². The van der Waals surface area contributed by atoms with Crippen LogP contribution in [0.4, 0.5) is 4.39 Å². The molecule has 0 spiro atoms. The fraction of sp³-hybridized carbons (Fsp3) is 0.438. The molecule has 1 aliphatic rings. The second-order valence-electron chi connectivity index (χ2n) is 5.77. The normalized spacial score (nSPS) is 23.3. The Balaban J connectivity index is 1.75. The zero-order chi connectivity index (χ0) is 14.8. The first-order valence-electron chi connectivity index (χ1n) is 7.25. The van der Waals surface area contributed by atoms with Gasteiger partial charge in [0.15, 0.2) is 0 Å². The van der Waals surface area contributed by atoms with Crippen LogP contribution in [0.3, 0.4) is 0 Å². The molecule has 2 aromatic rings. The fourth-order valence-corrected chi connectivity index (χ4v) is 3.08. The summed E-state index contributed by atoms with van der Waals surface area (Å²) in [6.07, 6.45) is 2.49. The predicted molar refractivity (Wildman–Crippen MR) is 77.8 cm³/mol. The van der Waals surface area contributed by atoms with Gasteiger partial charge in [-0.25, -0.2) is 4.39 Å². The van der Waals surface area contributed by atoms with E-state index in [1.807, 2.05) is 12.1 Å². The lowest BCUT2D eigenvalue weighted by Gasteiger charge is -2.36. The number of nitrogens with one attached hydrogen (secondary N) is 1. The minimum atomic E-state index is -0.199. The van der Waals surface area contributed by atoms with Gasteiger partial charge in [-0.05, 0) is 44.5 Å². The molecule has 21 heavy (non-hydrogen) atoms. The summed E-state index contributed by atoms with van der Waals surface area (Å²) in [7, 11) is 2.06. The van der Waals surface area contributed by atoms with Crippen LogP contribution in [-0.2, 0) is 6.42 Å². The van der Waals surface area contributed by atoms with Gasteiger partial charge < -0.3 is 9.42 Å². The van der Waals surface area contributed by atoms with Crippen molar-refractivity contribution < 1.29 is 8.91 Å². The zero-order valence-electron chi connectivity index (χ0n) is 12.0. The Morgan fingerprint density at radius 2 is 2.24 bits per heavy atom. The van der Waals surface area contributed by atoms with Crippen molar-refractivity contribution in [3.8, 4) is 0 Å². The summed E-state index contributed by atoms with van der Waals surface area (Å²) in [5.41, 5.74) is 0.542. The lowest BCUT2D eigenvalue weighted by molar-refractivity contribution is 0.155. The van der Waals surface area contributed by atoms with Crippen LogP contribution in [0.25, 0.3) is 0 Å². The molecule has 0 bridgehead atoms. The van der Waals surface area contributed by atoms with Gasteiger partial charge in [0.2, 0.25) is 0 Å². The molecule has 3 rings (SSSR count). The Bertz CT molecular complexity index is 664. The zero-order valence-corrected chi connectivity index (χ0v) is 12.0. The first kappa shape index (κ1) is 14.1. The van der Waals surface area contributed by atoms with Gasteiger partial charge >= 0.3 is 0 Å². The minimum Gasteiger partial charge on any atom is -0.383 e. The second-order valence-corrected chi connectivity index (χ2v) is 5.77. The van der Waals surface area contributed by atoms with Crippen LogP contribution >= 0.6 is 0 Å². The molecule has 1 N–H and O–H groups in total. The number of aromatic nitrogens is 1. The van der Waals surface area contributed by atoms with Gasteiger partial charge in [-0.3, -0.25) is 4.79 Å². The Morgan fingerprint density at radius 3 is 2.95 bits per heavy atom. The molecule has 112 valence electrons. The molecule has 0 unspecified atom stereocenters. The maximum atomic E-state index is 13.8. The van der Waals surface area contributed by atoms with Gasteiger partial charge in [0.25, 0.3) is 5.56 Å². The van der Waals surface area contributed by atoms with Gasteiger partial charge in [-0.2, -0.15) is 5.16 Å². The van der Waals surface area contributed by atoms with Crippen LogP contribution < -0.4 is 5.56 Å². The van der Waals surface area contributed by atoms with Crippen molar-refractivity contribution in [2.75, 3.05) is 13.6 Å². The summed E-state index contributed by atoms with van der Waals surface area (Å²) >= 11 is 0. The summed E-state index contributed by atoms with van der Waals surface area (Å²) in [4.78, 5) is 13.5. The van der Waals surface area contributed by atoms with E-state index in [0.717, 1.165) is 24.9 Å². The van der Waals surface area contributed by atoms with Crippen molar-refractivity contribution in [1.82, 2.24) is 10.1 Å². The summed E-state index contributed by atoms with van der Waals surface area (Å²) < 4.78 is 19.0. The first-order valence-corrected chi connectivity index (χ1v) is 7.25. The highest BCUT2D eigenvalue weighted by Crippen LogP contribution is 2.31. The van der Waals surface area contributed by atoms with Gasteiger partial charge in [0.1, 0.15) is 11.6 Å². The summed E-state index contributed by atoms with van der Waals surface area (Å²) in [6.45, 7) is 0.915. The number of rotatable bonds is 3. The van der Waals surface area contributed by atoms with E-state index in [-0.39, 0.29) is 23.3 Å². The van der Waals surface area contributed by atoms with Gasteiger partial charge in [0.05, 0.1) is 0 Å². The number of nitrogens with zero attached hydrogens (tertiary/aromatic N) is 1. The third-order valence-corrected chi connectivity index (χ3v) is 4.37. The first-order chi connectivity index (χ1) is 10.1. The maximum Gasteiger partial charge on any atom is 0.280 e. The van der Waals surface area contributed by atoms with Crippen molar-refractivity contribution in [3.63, 3.8) is 0 Å². The minimum absolute atomic E-state index is 0.152. The number of piperidine rings is 1. The molecule has 1 aliphatic heterocycles. The largest absolute Gasteiger partial charge is 0.383 e. The molecular weight excluding hydrogens is 271 g/mol. The smallest absolute Gasteiger partial charge is 0.280 e. The van der Waals surface area contributed by atoms with Crippen LogP contribution in [-0.4, -0.2) is 29.7 Å². The van der Waals surface area contributed by atoms with Gasteiger partial charge in [-0.1, -0.05) is 18.2 Å². The Kier molecular flexibility index (Phi) is 3.92. The molecule has 1 saturated heterocycles. The highest BCUT2D eigenvalue weighted by molar-refractivity contribution is 5.19. The maximum absolute atomic E-state index is 13.8.